The van der Waals surface area contributed by atoms with E-state index in [-0.39, 0.29) is 55.0 Å². The molecule has 2 N–H and O–H groups in total. The van der Waals surface area contributed by atoms with Crippen LogP contribution < -0.4 is 36.4 Å². The molecule has 13 aromatic rings. The van der Waals surface area contributed by atoms with Gasteiger partial charge in [-0.05, 0) is 116 Å². The maximum atomic E-state index is 11.2. The molecule has 0 bridgehead atoms. The molecule has 5 aromatic carbocycles. The number of nitrogens with two attached hydrogens (primary N) is 1. The molecule has 13 rings (SSSR count). The number of pyridine rings is 8. The van der Waals surface area contributed by atoms with Crippen molar-refractivity contribution in [2.45, 2.75) is 14.9 Å². The Balaban J connectivity index is 0.000000254. The number of non-ortho nitro benzene ring substituents is 2. The molecule has 0 saturated heterocycles. The first-order valence-electron chi connectivity index (χ1n) is 28.6. The van der Waals surface area contributed by atoms with Crippen molar-refractivity contribution >= 4 is 62.6 Å². The summed E-state index contributed by atoms with van der Waals surface area (Å²) in [6.45, 7) is 0. The number of hydrogen-bond acceptors (Lipinski definition) is 13. The molecule has 0 saturated carbocycles. The fourth-order valence-corrected chi connectivity index (χ4v) is 8.82. The Bertz CT molecular complexity index is 4410. The molecule has 0 aliphatic carbocycles. The van der Waals surface area contributed by atoms with Crippen LogP contribution in [-0.4, -0.2) is 44.6 Å². The number of aromatic nitrogens is 8. The number of hydrogen-bond donors (Lipinski definition) is 1. The van der Waals surface area contributed by atoms with Gasteiger partial charge in [-0.3, -0.25) is 60.4 Å². The first-order chi connectivity index (χ1) is 46.2. The van der Waals surface area contributed by atoms with Gasteiger partial charge < -0.3 is 18.1 Å². The van der Waals surface area contributed by atoms with Gasteiger partial charge >= 0.3 is 5.69 Å². The number of para-hydroxylation sites is 3. The van der Waals surface area contributed by atoms with E-state index in [0.29, 0.717) is 0 Å². The van der Waals surface area contributed by atoms with Gasteiger partial charge in [0.1, 0.15) is 18.1 Å². The van der Waals surface area contributed by atoms with Crippen LogP contribution in [0, 0.1) is 40.5 Å². The number of anilines is 1. The molecule has 21 nitrogen and oxygen atoms in total. The summed E-state index contributed by atoms with van der Waals surface area (Å²) in [6, 6.07) is 68.8. The highest BCUT2D eigenvalue weighted by Gasteiger charge is 2.26. The average Bonchev–Trinajstić information content (AvgIpc) is 0.894. The van der Waals surface area contributed by atoms with Crippen molar-refractivity contribution in [1.29, 1.82) is 0 Å². The Kier molecular flexibility index (Phi) is 33.3. The molecule has 24 heteroatoms. The van der Waals surface area contributed by atoms with Crippen molar-refractivity contribution in [1.82, 2.24) is 19.9 Å². The lowest BCUT2D eigenvalue weighted by molar-refractivity contribution is -0.671. The standard InChI is InChI=1S/C17H16N2.C16H11N4O4.C16H13N2.C10H8N2.C6H3ClN2O4.C6H7N.CH3I.2CH4.ClH/c1-18-11-7-15(8-12-18)16-9-13-19(14-10-16)17-5-3-2-4-6-17;21-19(22)14-1-2-15(16(11-14)20(23)24)18-9-5-13(6-10-18)12-3-7-17-8-4-12;1-2-4-16(5-3-1)18-12-8-15(9-13-18)14-6-10-17-11-7-14;1-5-11-6-2-9(1)10-3-7-12-8-4-10;7-5-2-1-4(8(10)11)3-6(5)9(12)13;7-6-4-2-1-3-5-6;1-2;;;/h2-14H,1H3;1-11H;1-13H;1-8H;1-3H;1-5H,7H2;1H3;2*1H4;1H/q+2;2*+1;;;;;;;/p-1. The van der Waals surface area contributed by atoms with E-state index in [0.717, 1.165) is 41.1 Å². The lowest BCUT2D eigenvalue weighted by Gasteiger charge is -2.01. The summed E-state index contributed by atoms with van der Waals surface area (Å²) in [5.74, 6) is 0. The van der Waals surface area contributed by atoms with E-state index in [1.165, 1.54) is 56.9 Å². The van der Waals surface area contributed by atoms with Gasteiger partial charge in [-0.25, -0.2) is 4.57 Å². The summed E-state index contributed by atoms with van der Waals surface area (Å²) in [7, 11) is 2.03. The highest BCUT2D eigenvalue weighted by molar-refractivity contribution is 14.1. The van der Waals surface area contributed by atoms with E-state index in [1.54, 1.807) is 66.3 Å². The summed E-state index contributed by atoms with van der Waals surface area (Å²) in [5, 5.41) is 42.4. The highest BCUT2D eigenvalue weighted by atomic mass is 127. The van der Waals surface area contributed by atoms with E-state index in [9.17, 15) is 40.5 Å². The fourth-order valence-electron chi connectivity index (χ4n) is 8.63. The Labute approximate surface area is 592 Å². The smallest absolute Gasteiger partial charge is 0.347 e. The molecule has 0 amide bonds. The van der Waals surface area contributed by atoms with Crippen LogP contribution >= 0.6 is 34.2 Å². The topological polar surface area (TPSA) is 266 Å². The van der Waals surface area contributed by atoms with Gasteiger partial charge in [-0.1, -0.05) is 104 Å². The normalized spacial score (nSPS) is 9.55. The van der Waals surface area contributed by atoms with Crippen LogP contribution in [0.25, 0.3) is 61.6 Å². The van der Waals surface area contributed by atoms with Crippen LogP contribution in [0.4, 0.5) is 28.4 Å². The van der Waals surface area contributed by atoms with Crippen molar-refractivity contribution in [3.63, 3.8) is 0 Å². The molecular weight excluding hydrogens is 1400 g/mol. The SMILES string of the molecule is C.C.CI.C[n+]1ccc(-c2cc[n+](-c3ccccc3)cc2)cc1.Nc1ccccc1.O=[N+]([O-])c1ccc(-[n+]2ccc(-c3ccncc3)cc2)c([N+](=O)[O-])c1.O=[N+]([O-])c1ccc(Cl)c([N+](=O)[O-])c1.[Cl-].c1cc(-c2ccncc2)ccn1.c1ccc(-[n+]2ccc(-c3ccncc3)cc2)cc1. The molecule has 496 valence electrons. The second-order valence-electron chi connectivity index (χ2n) is 19.6. The van der Waals surface area contributed by atoms with Gasteiger partial charge in [-0.15, -0.1) is 0 Å². The molecule has 0 radical (unpaired) electrons. The summed E-state index contributed by atoms with van der Waals surface area (Å²) in [5.41, 5.74) is 16.4. The van der Waals surface area contributed by atoms with E-state index >= 15 is 0 Å². The number of benzene rings is 5. The molecule has 0 fully saturated rings. The van der Waals surface area contributed by atoms with Crippen LogP contribution in [0.2, 0.25) is 5.02 Å². The van der Waals surface area contributed by atoms with E-state index in [4.69, 9.17) is 17.3 Å². The lowest BCUT2D eigenvalue weighted by Crippen LogP contribution is -3.00. The van der Waals surface area contributed by atoms with Crippen molar-refractivity contribution in [3.8, 4) is 61.6 Å². The molecule has 8 aromatic heterocycles. The number of rotatable bonds is 11. The monoisotopic (exact) mass is 1460 g/mol. The average molecular weight is 1470 g/mol. The number of nitro benzene ring substituents is 4. The first-order valence-corrected chi connectivity index (χ1v) is 31.2. The van der Waals surface area contributed by atoms with Crippen molar-refractivity contribution in [2.75, 3.05) is 10.7 Å². The second-order valence-corrected chi connectivity index (χ2v) is 20.0. The van der Waals surface area contributed by atoms with Crippen LogP contribution in [0.5, 0.6) is 0 Å². The Morgan fingerprint density at radius 2 is 0.633 bits per heavy atom. The van der Waals surface area contributed by atoms with Crippen molar-refractivity contribution in [2.24, 2.45) is 7.05 Å². The van der Waals surface area contributed by atoms with Gasteiger partial charge in [0, 0.05) is 146 Å². The number of nitrogens with zero attached hydrogens (tertiary/aromatic N) is 12. The molecule has 98 heavy (non-hydrogen) atoms. The quantitative estimate of drug-likeness (QED) is 0.0316. The molecule has 0 aliphatic heterocycles. The van der Waals surface area contributed by atoms with Gasteiger partial charge in [-0.2, -0.15) is 13.7 Å². The summed E-state index contributed by atoms with van der Waals surface area (Å²) >= 11 is 7.58. The number of alkyl halides is 1. The van der Waals surface area contributed by atoms with Gasteiger partial charge in [0.05, 0.1) is 25.8 Å². The van der Waals surface area contributed by atoms with E-state index < -0.39 is 25.4 Å². The van der Waals surface area contributed by atoms with Crippen LogP contribution in [-0.2, 0) is 7.05 Å². The molecular formula is C74H69Cl2IN13O8+3. The number of nitrogen functional groups attached to an aromatic ring is 1. The third-order valence-corrected chi connectivity index (χ3v) is 13.7. The lowest BCUT2D eigenvalue weighted by atomic mass is 10.1. The third kappa shape index (κ3) is 24.4. The predicted molar refractivity (Wildman–Crippen MR) is 387 cm³/mol. The zero-order valence-corrected chi connectivity index (χ0v) is 55.1. The minimum atomic E-state index is -0.769. The largest absolute Gasteiger partial charge is 1.00 e. The van der Waals surface area contributed by atoms with Gasteiger partial charge in [0.2, 0.25) is 11.4 Å². The van der Waals surface area contributed by atoms with Gasteiger partial charge in [0.25, 0.3) is 22.7 Å². The molecule has 8 heterocycles. The first kappa shape index (κ1) is 78.5. The Hall–Kier alpha value is -12.0. The van der Waals surface area contributed by atoms with E-state index in [1.807, 2.05) is 144 Å². The molecule has 0 aliphatic rings. The zero-order valence-electron chi connectivity index (χ0n) is 51.4. The summed E-state index contributed by atoms with van der Waals surface area (Å²) in [6.07, 6.45) is 29.9. The minimum Gasteiger partial charge on any atom is -1.00 e. The summed E-state index contributed by atoms with van der Waals surface area (Å²) in [4.78, 5) is 57.6. The van der Waals surface area contributed by atoms with Crippen LogP contribution in [0.15, 0.2) is 324 Å². The van der Waals surface area contributed by atoms with Crippen LogP contribution in [0.3, 0.4) is 0 Å². The number of halogens is 3. The second kappa shape index (κ2) is 41.7. The number of aryl methyl sites for hydroxylation is 1. The highest BCUT2D eigenvalue weighted by Crippen LogP contribution is 2.29. The van der Waals surface area contributed by atoms with E-state index in [2.05, 4.69) is 150 Å². The predicted octanol–water partition coefficient (Wildman–Crippen LogP) is 13.2. The fraction of sp³-hybridized carbons (Fsp3) is 0.0541. The maximum absolute atomic E-state index is 11.2. The zero-order chi connectivity index (χ0) is 67.7. The molecule has 0 spiro atoms. The van der Waals surface area contributed by atoms with Crippen molar-refractivity contribution in [3.05, 3.63) is 369 Å². The molecule has 0 atom stereocenters. The van der Waals surface area contributed by atoms with Crippen LogP contribution in [0.1, 0.15) is 14.9 Å². The maximum Gasteiger partial charge on any atom is 0.347 e. The molecule has 0 unspecified atom stereocenters. The third-order valence-electron chi connectivity index (χ3n) is 13.4. The summed E-state index contributed by atoms with van der Waals surface area (Å²) < 4.78 is 7.81. The van der Waals surface area contributed by atoms with Crippen molar-refractivity contribution < 1.29 is 50.4 Å². The number of nitro groups is 4. The Morgan fingerprint density at radius 3 is 0.929 bits per heavy atom. The minimum absolute atomic E-state index is 0. The Morgan fingerprint density at radius 1 is 0.357 bits per heavy atom. The van der Waals surface area contributed by atoms with Gasteiger partial charge in [0.15, 0.2) is 49.6 Å².